The number of rotatable bonds is 2. The van der Waals surface area contributed by atoms with Gasteiger partial charge in [0.05, 0.1) is 13.2 Å². The number of nitrogens with one attached hydrogen (secondary N) is 1. The Morgan fingerprint density at radius 3 is 3.00 bits per heavy atom. The van der Waals surface area contributed by atoms with Crippen molar-refractivity contribution in [2.45, 2.75) is 19.9 Å². The highest BCUT2D eigenvalue weighted by Crippen LogP contribution is 2.24. The van der Waals surface area contributed by atoms with Gasteiger partial charge in [-0.2, -0.15) is 0 Å². The van der Waals surface area contributed by atoms with Crippen LogP contribution in [0.15, 0.2) is 30.7 Å². The van der Waals surface area contributed by atoms with E-state index in [2.05, 4.69) is 15.0 Å². The van der Waals surface area contributed by atoms with Crippen LogP contribution in [0.1, 0.15) is 33.6 Å². The zero-order chi connectivity index (χ0) is 16.7. The lowest BCUT2D eigenvalue weighted by atomic mass is 10.2. The van der Waals surface area contributed by atoms with Crippen molar-refractivity contribution in [3.05, 3.63) is 53.5 Å². The Morgan fingerprint density at radius 2 is 2.21 bits per heavy atom. The average molecular weight is 325 g/mol. The van der Waals surface area contributed by atoms with E-state index in [0.717, 1.165) is 22.7 Å². The summed E-state index contributed by atoms with van der Waals surface area (Å²) < 4.78 is 7.44. The van der Waals surface area contributed by atoms with Crippen molar-refractivity contribution in [2.24, 2.45) is 0 Å². The minimum atomic E-state index is -0.216. The van der Waals surface area contributed by atoms with Gasteiger partial charge in [-0.15, -0.1) is 0 Å². The molecule has 3 aromatic rings. The van der Waals surface area contributed by atoms with E-state index in [1.807, 2.05) is 36.6 Å². The lowest BCUT2D eigenvalue weighted by Crippen LogP contribution is -2.44. The maximum atomic E-state index is 13.0. The molecule has 1 fully saturated rings. The molecule has 0 saturated carbocycles. The molecule has 3 aromatic heterocycles. The lowest BCUT2D eigenvalue weighted by molar-refractivity contribution is -0.00528. The molecule has 0 bridgehead atoms. The van der Waals surface area contributed by atoms with Crippen molar-refractivity contribution in [2.75, 3.05) is 19.8 Å². The second-order valence-corrected chi connectivity index (χ2v) is 6.14. The summed E-state index contributed by atoms with van der Waals surface area (Å²) in [4.78, 5) is 26.8. The Bertz CT molecular complexity index is 897. The summed E-state index contributed by atoms with van der Waals surface area (Å²) in [5.41, 5.74) is 3.29. The normalized spacial score (nSPS) is 18.2. The standard InChI is InChI=1S/C17H19N5O2/c1-11-3-4-15-20-13(9-21(15)8-11)17(23)22-5-6-24-10-14(22)16-18-7-12(2)19-16/h3-4,7-9,14H,5-6,10H2,1-2H3,(H,18,19)/t14-/m0/s1. The summed E-state index contributed by atoms with van der Waals surface area (Å²) in [6, 6.07) is 3.69. The molecule has 1 aliphatic heterocycles. The Morgan fingerprint density at radius 1 is 1.33 bits per heavy atom. The van der Waals surface area contributed by atoms with E-state index < -0.39 is 0 Å². The van der Waals surface area contributed by atoms with E-state index in [9.17, 15) is 4.79 Å². The molecule has 1 N–H and O–H groups in total. The zero-order valence-corrected chi connectivity index (χ0v) is 13.7. The summed E-state index contributed by atoms with van der Waals surface area (Å²) in [6.45, 7) is 5.44. The number of hydrogen-bond acceptors (Lipinski definition) is 4. The maximum absolute atomic E-state index is 13.0. The van der Waals surface area contributed by atoms with Crippen LogP contribution >= 0.6 is 0 Å². The first-order valence-electron chi connectivity index (χ1n) is 7.97. The third-order valence-corrected chi connectivity index (χ3v) is 4.25. The van der Waals surface area contributed by atoms with E-state index in [4.69, 9.17) is 4.74 Å². The summed E-state index contributed by atoms with van der Waals surface area (Å²) in [5, 5.41) is 0. The van der Waals surface area contributed by atoms with Crippen molar-refractivity contribution in [3.63, 3.8) is 0 Å². The van der Waals surface area contributed by atoms with Crippen molar-refractivity contribution < 1.29 is 9.53 Å². The molecule has 4 rings (SSSR count). The first-order chi connectivity index (χ1) is 11.6. The molecular formula is C17H19N5O2. The fourth-order valence-corrected chi connectivity index (χ4v) is 3.03. The largest absolute Gasteiger partial charge is 0.377 e. The number of pyridine rings is 1. The highest BCUT2D eigenvalue weighted by Gasteiger charge is 2.32. The summed E-state index contributed by atoms with van der Waals surface area (Å²) in [6.07, 6.45) is 5.51. The van der Waals surface area contributed by atoms with Gasteiger partial charge in [0.2, 0.25) is 0 Å². The number of aryl methyl sites for hydroxylation is 2. The second kappa shape index (κ2) is 5.76. The Labute approximate surface area is 139 Å². The fourth-order valence-electron chi connectivity index (χ4n) is 3.03. The number of aromatic nitrogens is 4. The number of morpholine rings is 1. The van der Waals surface area contributed by atoms with Crippen LogP contribution < -0.4 is 0 Å². The van der Waals surface area contributed by atoms with Crippen molar-refractivity contribution in [1.82, 2.24) is 24.3 Å². The van der Waals surface area contributed by atoms with Gasteiger partial charge in [-0.05, 0) is 25.5 Å². The highest BCUT2D eigenvalue weighted by molar-refractivity contribution is 5.93. The third-order valence-electron chi connectivity index (χ3n) is 4.25. The molecule has 24 heavy (non-hydrogen) atoms. The quantitative estimate of drug-likeness (QED) is 0.781. The molecule has 0 aliphatic carbocycles. The van der Waals surface area contributed by atoms with Gasteiger partial charge in [0.1, 0.15) is 23.2 Å². The van der Waals surface area contributed by atoms with E-state index in [0.29, 0.717) is 25.5 Å². The van der Waals surface area contributed by atoms with E-state index in [1.165, 1.54) is 0 Å². The summed E-state index contributed by atoms with van der Waals surface area (Å²) >= 11 is 0. The van der Waals surface area contributed by atoms with Crippen LogP contribution in [0.25, 0.3) is 5.65 Å². The Hall–Kier alpha value is -2.67. The van der Waals surface area contributed by atoms with Gasteiger partial charge >= 0.3 is 0 Å². The zero-order valence-electron chi connectivity index (χ0n) is 13.7. The van der Waals surface area contributed by atoms with Crippen LogP contribution in [0.5, 0.6) is 0 Å². The van der Waals surface area contributed by atoms with E-state index in [-0.39, 0.29) is 11.9 Å². The first-order valence-corrected chi connectivity index (χ1v) is 7.97. The van der Waals surface area contributed by atoms with Crippen molar-refractivity contribution >= 4 is 11.6 Å². The van der Waals surface area contributed by atoms with Gasteiger partial charge in [0.25, 0.3) is 5.91 Å². The molecule has 7 heteroatoms. The molecule has 7 nitrogen and oxygen atoms in total. The third kappa shape index (κ3) is 2.56. The van der Waals surface area contributed by atoms with E-state index >= 15 is 0 Å². The second-order valence-electron chi connectivity index (χ2n) is 6.14. The fraction of sp³-hybridized carbons (Fsp3) is 0.353. The smallest absolute Gasteiger partial charge is 0.274 e. The van der Waals surface area contributed by atoms with Crippen LogP contribution in [0.3, 0.4) is 0 Å². The molecule has 4 heterocycles. The summed E-state index contributed by atoms with van der Waals surface area (Å²) in [7, 11) is 0. The molecular weight excluding hydrogens is 306 g/mol. The number of carbonyl (C=O) groups is 1. The molecule has 0 aromatic carbocycles. The van der Waals surface area contributed by atoms with Crippen LogP contribution in [0.4, 0.5) is 0 Å². The molecule has 0 radical (unpaired) electrons. The predicted octanol–water partition coefficient (Wildman–Crippen LogP) is 1.89. The van der Waals surface area contributed by atoms with Crippen molar-refractivity contribution in [1.29, 1.82) is 0 Å². The summed E-state index contributed by atoms with van der Waals surface area (Å²) in [5.74, 6) is 0.652. The topological polar surface area (TPSA) is 75.5 Å². The van der Waals surface area contributed by atoms with Crippen LogP contribution in [0.2, 0.25) is 0 Å². The molecule has 1 amide bonds. The SMILES string of the molecule is Cc1ccc2nc(C(=O)N3CCOC[C@H]3c3ncc(C)[nH]3)cn2c1. The average Bonchev–Trinajstić information content (AvgIpc) is 3.20. The number of ether oxygens (including phenoxy) is 1. The van der Waals surface area contributed by atoms with Crippen molar-refractivity contribution in [3.8, 4) is 0 Å². The minimum absolute atomic E-state index is 0.0984. The number of H-pyrrole nitrogens is 1. The highest BCUT2D eigenvalue weighted by atomic mass is 16.5. The van der Waals surface area contributed by atoms with Gasteiger partial charge in [0.15, 0.2) is 0 Å². The molecule has 1 aliphatic rings. The molecule has 124 valence electrons. The minimum Gasteiger partial charge on any atom is -0.377 e. The van der Waals surface area contributed by atoms with Crippen LogP contribution in [0, 0.1) is 13.8 Å². The van der Waals surface area contributed by atoms with Gasteiger partial charge in [-0.1, -0.05) is 6.07 Å². The Balaban J connectivity index is 1.67. The van der Waals surface area contributed by atoms with Crippen LogP contribution in [-0.4, -0.2) is 49.9 Å². The van der Waals surface area contributed by atoms with Gasteiger partial charge in [-0.25, -0.2) is 9.97 Å². The number of nitrogens with zero attached hydrogens (tertiary/aromatic N) is 4. The predicted molar refractivity (Wildman–Crippen MR) is 87.9 cm³/mol. The molecule has 0 unspecified atom stereocenters. The van der Waals surface area contributed by atoms with Gasteiger partial charge < -0.3 is 19.0 Å². The van der Waals surface area contributed by atoms with Gasteiger partial charge in [-0.3, -0.25) is 4.79 Å². The van der Waals surface area contributed by atoms with Crippen LogP contribution in [-0.2, 0) is 4.74 Å². The number of aromatic amines is 1. The number of fused-ring (bicyclic) bond motifs is 1. The number of imidazole rings is 2. The molecule has 1 saturated heterocycles. The number of carbonyl (C=O) groups excluding carboxylic acids is 1. The molecule has 0 spiro atoms. The Kier molecular flexibility index (Phi) is 3.57. The first kappa shape index (κ1) is 14.9. The maximum Gasteiger partial charge on any atom is 0.274 e. The number of amides is 1. The lowest BCUT2D eigenvalue weighted by Gasteiger charge is -2.33. The van der Waals surface area contributed by atoms with E-state index in [1.54, 1.807) is 17.3 Å². The molecule has 1 atom stereocenters. The monoisotopic (exact) mass is 325 g/mol. The van der Waals surface area contributed by atoms with Gasteiger partial charge in [0, 0.05) is 30.8 Å². The number of hydrogen-bond donors (Lipinski definition) is 1.